The van der Waals surface area contributed by atoms with Crippen LogP contribution < -0.4 is 0 Å². The first-order chi connectivity index (χ1) is 14.0. The molecule has 2 rings (SSSR count). The molecule has 170 valence electrons. The van der Waals surface area contributed by atoms with Gasteiger partial charge in [-0.1, -0.05) is 83.9 Å². The van der Waals surface area contributed by atoms with Crippen LogP contribution in [0.4, 0.5) is 0 Å². The van der Waals surface area contributed by atoms with Crippen LogP contribution in [0.25, 0.3) is 0 Å². The van der Waals surface area contributed by atoms with E-state index in [0.717, 1.165) is 22.3 Å². The number of rotatable bonds is 5. The van der Waals surface area contributed by atoms with Gasteiger partial charge in [-0.2, -0.15) is 0 Å². The lowest BCUT2D eigenvalue weighted by atomic mass is 9.68. The standard InChI is InChI=1S/C27H38O4/c1-16-12-18(25(3,4)5)23(30)20(14-16)27(9,11-10-22(28)29)21-15-17(2)13-19(24(21)31)26(6,7)8/h12-15,30-31H,10-11H2,1-9H3,(H,28,29). The fraction of sp³-hybridized carbons (Fsp3) is 0.519. The van der Waals surface area contributed by atoms with Crippen molar-refractivity contribution in [2.75, 3.05) is 0 Å². The minimum atomic E-state index is -0.905. The molecule has 0 fully saturated rings. The zero-order valence-corrected chi connectivity index (χ0v) is 20.5. The Morgan fingerprint density at radius 1 is 0.710 bits per heavy atom. The molecule has 2 aromatic rings. The SMILES string of the molecule is Cc1cc(C(C)(C)C)c(O)c(C(C)(CCC(=O)O)c2cc(C)cc(C(C)(C)C)c2O)c1. The normalized spacial score (nSPS) is 12.8. The molecule has 0 aliphatic rings. The van der Waals surface area contributed by atoms with E-state index in [1.807, 2.05) is 86.6 Å². The molecule has 0 radical (unpaired) electrons. The summed E-state index contributed by atoms with van der Waals surface area (Å²) >= 11 is 0. The van der Waals surface area contributed by atoms with Gasteiger partial charge in [0.1, 0.15) is 11.5 Å². The van der Waals surface area contributed by atoms with Gasteiger partial charge in [0.05, 0.1) is 0 Å². The van der Waals surface area contributed by atoms with Gasteiger partial charge in [0.25, 0.3) is 0 Å². The molecule has 2 aromatic carbocycles. The monoisotopic (exact) mass is 426 g/mol. The summed E-state index contributed by atoms with van der Waals surface area (Å²) in [4.78, 5) is 11.5. The molecule has 0 bridgehead atoms. The van der Waals surface area contributed by atoms with Crippen molar-refractivity contribution in [1.29, 1.82) is 0 Å². The van der Waals surface area contributed by atoms with Crippen molar-refractivity contribution in [3.05, 3.63) is 57.6 Å². The Labute approximate surface area is 187 Å². The summed E-state index contributed by atoms with van der Waals surface area (Å²) < 4.78 is 0. The van der Waals surface area contributed by atoms with Crippen LogP contribution in [0, 0.1) is 13.8 Å². The Balaban J connectivity index is 2.93. The smallest absolute Gasteiger partial charge is 0.303 e. The van der Waals surface area contributed by atoms with Crippen LogP contribution in [0.1, 0.15) is 94.7 Å². The molecular formula is C27H38O4. The van der Waals surface area contributed by atoms with Crippen LogP contribution in [0.3, 0.4) is 0 Å². The van der Waals surface area contributed by atoms with E-state index in [1.165, 1.54) is 0 Å². The quantitative estimate of drug-likeness (QED) is 0.511. The Morgan fingerprint density at radius 2 is 1.03 bits per heavy atom. The van der Waals surface area contributed by atoms with Crippen LogP contribution in [0.2, 0.25) is 0 Å². The van der Waals surface area contributed by atoms with E-state index in [1.54, 1.807) is 0 Å². The molecule has 0 saturated heterocycles. The second-order valence-electron chi connectivity index (χ2n) is 11.1. The van der Waals surface area contributed by atoms with Crippen molar-refractivity contribution < 1.29 is 20.1 Å². The number of carbonyl (C=O) groups is 1. The number of phenolic OH excluding ortho intramolecular Hbond substituents is 2. The van der Waals surface area contributed by atoms with Crippen molar-refractivity contribution in [2.24, 2.45) is 0 Å². The first-order valence-electron chi connectivity index (χ1n) is 10.9. The van der Waals surface area contributed by atoms with Crippen LogP contribution in [-0.4, -0.2) is 21.3 Å². The summed E-state index contributed by atoms with van der Waals surface area (Å²) in [6.45, 7) is 18.1. The number of carboxylic acid groups (broad SMARTS) is 1. The van der Waals surface area contributed by atoms with Gasteiger partial charge in [-0.3, -0.25) is 4.79 Å². The molecule has 31 heavy (non-hydrogen) atoms. The lowest BCUT2D eigenvalue weighted by Crippen LogP contribution is -2.28. The zero-order chi connectivity index (χ0) is 23.9. The highest BCUT2D eigenvalue weighted by Crippen LogP contribution is 2.49. The summed E-state index contributed by atoms with van der Waals surface area (Å²) in [6.07, 6.45) is 0.177. The third-order valence-electron chi connectivity index (χ3n) is 6.15. The van der Waals surface area contributed by atoms with Crippen molar-refractivity contribution >= 4 is 5.97 Å². The molecule has 0 amide bonds. The van der Waals surface area contributed by atoms with Gasteiger partial charge >= 0.3 is 5.97 Å². The maximum atomic E-state index is 11.5. The van der Waals surface area contributed by atoms with Crippen LogP contribution in [0.15, 0.2) is 24.3 Å². The third-order valence-corrected chi connectivity index (χ3v) is 6.15. The number of aliphatic carboxylic acids is 1. The second-order valence-corrected chi connectivity index (χ2v) is 11.1. The molecule has 0 unspecified atom stereocenters. The van der Waals surface area contributed by atoms with Crippen LogP contribution in [-0.2, 0) is 21.0 Å². The van der Waals surface area contributed by atoms with E-state index < -0.39 is 11.4 Å². The Morgan fingerprint density at radius 3 is 1.32 bits per heavy atom. The van der Waals surface area contributed by atoms with Crippen LogP contribution >= 0.6 is 0 Å². The number of benzene rings is 2. The number of aryl methyl sites for hydroxylation is 2. The summed E-state index contributed by atoms with van der Waals surface area (Å²) in [5.74, 6) is -0.564. The highest BCUT2D eigenvalue weighted by molar-refractivity contribution is 5.68. The van der Waals surface area contributed by atoms with Gasteiger partial charge < -0.3 is 15.3 Å². The van der Waals surface area contributed by atoms with Crippen LogP contribution in [0.5, 0.6) is 11.5 Å². The molecule has 4 nitrogen and oxygen atoms in total. The number of hydrogen-bond donors (Lipinski definition) is 3. The summed E-state index contributed by atoms with van der Waals surface area (Å²) in [5.41, 5.74) is 3.45. The van der Waals surface area contributed by atoms with E-state index in [-0.39, 0.29) is 35.2 Å². The number of hydrogen-bond acceptors (Lipinski definition) is 3. The van der Waals surface area contributed by atoms with Crippen molar-refractivity contribution in [3.63, 3.8) is 0 Å². The zero-order valence-electron chi connectivity index (χ0n) is 20.5. The summed E-state index contributed by atoms with van der Waals surface area (Å²) in [5, 5.41) is 32.2. The molecule has 0 aromatic heterocycles. The minimum Gasteiger partial charge on any atom is -0.507 e. The lowest BCUT2D eigenvalue weighted by molar-refractivity contribution is -0.137. The largest absolute Gasteiger partial charge is 0.507 e. The van der Waals surface area contributed by atoms with Gasteiger partial charge in [-0.15, -0.1) is 0 Å². The van der Waals surface area contributed by atoms with Crippen molar-refractivity contribution in [2.45, 2.75) is 91.4 Å². The molecule has 0 saturated carbocycles. The van der Waals surface area contributed by atoms with Crippen molar-refractivity contribution in [3.8, 4) is 11.5 Å². The molecule has 0 aliphatic carbocycles. The van der Waals surface area contributed by atoms with E-state index >= 15 is 0 Å². The molecule has 0 spiro atoms. The first-order valence-corrected chi connectivity index (χ1v) is 10.9. The van der Waals surface area contributed by atoms with Gasteiger partial charge in [-0.05, 0) is 42.2 Å². The fourth-order valence-electron chi connectivity index (χ4n) is 4.31. The van der Waals surface area contributed by atoms with Gasteiger partial charge in [0.15, 0.2) is 0 Å². The molecule has 4 heteroatoms. The third kappa shape index (κ3) is 5.06. The Hall–Kier alpha value is -2.49. The average Bonchev–Trinajstić information content (AvgIpc) is 2.61. The first kappa shape index (κ1) is 24.8. The average molecular weight is 427 g/mol. The number of phenols is 2. The Bertz CT molecular complexity index is 918. The Kier molecular flexibility index (Phi) is 6.57. The number of carboxylic acids is 1. The van der Waals surface area contributed by atoms with E-state index in [2.05, 4.69) is 0 Å². The maximum Gasteiger partial charge on any atom is 0.303 e. The van der Waals surface area contributed by atoms with Gasteiger partial charge in [0, 0.05) is 23.0 Å². The fourth-order valence-corrected chi connectivity index (χ4v) is 4.31. The topological polar surface area (TPSA) is 77.8 Å². The number of aromatic hydroxyl groups is 2. The molecule has 3 N–H and O–H groups in total. The van der Waals surface area contributed by atoms with Gasteiger partial charge in [0.2, 0.25) is 0 Å². The maximum absolute atomic E-state index is 11.5. The molecule has 0 heterocycles. The summed E-state index contributed by atoms with van der Waals surface area (Å²) in [7, 11) is 0. The highest BCUT2D eigenvalue weighted by atomic mass is 16.4. The van der Waals surface area contributed by atoms with Gasteiger partial charge in [-0.25, -0.2) is 0 Å². The van der Waals surface area contributed by atoms with E-state index in [0.29, 0.717) is 11.1 Å². The van der Waals surface area contributed by atoms with E-state index in [9.17, 15) is 20.1 Å². The predicted molar refractivity (Wildman–Crippen MR) is 126 cm³/mol. The van der Waals surface area contributed by atoms with Crippen molar-refractivity contribution in [1.82, 2.24) is 0 Å². The minimum absolute atomic E-state index is 0.0764. The highest BCUT2D eigenvalue weighted by Gasteiger charge is 2.38. The molecule has 0 atom stereocenters. The predicted octanol–water partition coefficient (Wildman–Crippen LogP) is 6.48. The molecule has 0 aliphatic heterocycles. The second kappa shape index (κ2) is 8.22. The summed E-state index contributed by atoms with van der Waals surface area (Å²) in [6, 6.07) is 7.80. The van der Waals surface area contributed by atoms with E-state index in [4.69, 9.17) is 0 Å². The molecular weight excluding hydrogens is 388 g/mol. The lowest BCUT2D eigenvalue weighted by Gasteiger charge is -2.36.